The van der Waals surface area contributed by atoms with Crippen molar-refractivity contribution in [3.05, 3.63) is 83.1 Å². The third-order valence-corrected chi connectivity index (χ3v) is 4.64. The van der Waals surface area contributed by atoms with E-state index in [9.17, 15) is 0 Å². The van der Waals surface area contributed by atoms with Crippen molar-refractivity contribution in [2.45, 2.75) is 13.0 Å². The highest BCUT2D eigenvalue weighted by molar-refractivity contribution is 9.10. The van der Waals surface area contributed by atoms with Crippen molar-refractivity contribution in [3.8, 4) is 0 Å². The van der Waals surface area contributed by atoms with Crippen molar-refractivity contribution in [3.63, 3.8) is 0 Å². The first-order chi connectivity index (χ1) is 12.8. The van der Waals surface area contributed by atoms with Gasteiger partial charge in [0, 0.05) is 48.8 Å². The van der Waals surface area contributed by atoms with Crippen molar-refractivity contribution in [2.75, 3.05) is 11.9 Å². The second-order valence-electron chi connectivity index (χ2n) is 6.01. The first-order valence-electron chi connectivity index (χ1n) is 8.48. The van der Waals surface area contributed by atoms with Crippen molar-refractivity contribution < 1.29 is 0 Å². The fourth-order valence-electron chi connectivity index (χ4n) is 2.95. The average Bonchev–Trinajstić information content (AvgIpc) is 3.09. The monoisotopic (exact) mass is 407 g/mol. The zero-order valence-electron chi connectivity index (χ0n) is 14.1. The van der Waals surface area contributed by atoms with Crippen LogP contribution in [-0.2, 0) is 13.0 Å². The van der Waals surface area contributed by atoms with Crippen molar-refractivity contribution in [1.29, 1.82) is 0 Å². The zero-order valence-corrected chi connectivity index (χ0v) is 15.7. The minimum Gasteiger partial charge on any atom is -0.383 e. The number of nitrogens with one attached hydrogen (secondary N) is 1. The Morgan fingerprint density at radius 2 is 1.88 bits per heavy atom. The molecule has 3 aromatic heterocycles. The summed E-state index contributed by atoms with van der Waals surface area (Å²) in [6.45, 7) is 1.62. The molecule has 0 saturated heterocycles. The Morgan fingerprint density at radius 3 is 2.77 bits per heavy atom. The number of imidazole rings is 1. The lowest BCUT2D eigenvalue weighted by Gasteiger charge is -2.11. The molecule has 0 aliphatic heterocycles. The predicted molar refractivity (Wildman–Crippen MR) is 107 cm³/mol. The van der Waals surface area contributed by atoms with Crippen LogP contribution in [0.25, 0.3) is 11.0 Å². The molecule has 5 nitrogen and oxygen atoms in total. The average molecular weight is 408 g/mol. The number of hydrogen-bond donors (Lipinski definition) is 1. The van der Waals surface area contributed by atoms with E-state index in [0.717, 1.165) is 46.5 Å². The lowest BCUT2D eigenvalue weighted by atomic mass is 10.2. The van der Waals surface area contributed by atoms with Gasteiger partial charge < -0.3 is 9.88 Å². The summed E-state index contributed by atoms with van der Waals surface area (Å²) in [7, 11) is 0. The van der Waals surface area contributed by atoms with E-state index >= 15 is 0 Å². The Balaban J connectivity index is 1.44. The van der Waals surface area contributed by atoms with Crippen LogP contribution in [0.15, 0.2) is 71.7 Å². The Labute approximate surface area is 160 Å². The number of aromatic nitrogens is 4. The van der Waals surface area contributed by atoms with Gasteiger partial charge in [-0.25, -0.2) is 4.98 Å². The van der Waals surface area contributed by atoms with Gasteiger partial charge in [-0.2, -0.15) is 0 Å². The summed E-state index contributed by atoms with van der Waals surface area (Å²) in [4.78, 5) is 13.4. The molecule has 6 heteroatoms. The summed E-state index contributed by atoms with van der Waals surface area (Å²) in [5.41, 5.74) is 4.01. The second-order valence-corrected chi connectivity index (χ2v) is 6.93. The summed E-state index contributed by atoms with van der Waals surface area (Å²) < 4.78 is 3.12. The van der Waals surface area contributed by atoms with Crippen LogP contribution in [0.4, 0.5) is 5.69 Å². The third kappa shape index (κ3) is 3.75. The van der Waals surface area contributed by atoms with Crippen molar-refractivity contribution in [2.24, 2.45) is 0 Å². The van der Waals surface area contributed by atoms with Gasteiger partial charge in [0.15, 0.2) is 0 Å². The molecule has 4 aromatic rings. The molecule has 26 heavy (non-hydrogen) atoms. The molecule has 0 spiro atoms. The predicted octanol–water partition coefficient (Wildman–Crippen LogP) is 4.29. The highest BCUT2D eigenvalue weighted by Gasteiger charge is 2.06. The summed E-state index contributed by atoms with van der Waals surface area (Å²) in [6, 6.07) is 14.4. The Hall–Kier alpha value is -2.73. The number of nitrogens with zero attached hydrogens (tertiary/aromatic N) is 4. The van der Waals surface area contributed by atoms with Crippen LogP contribution >= 0.6 is 15.9 Å². The molecule has 130 valence electrons. The van der Waals surface area contributed by atoms with Crippen LogP contribution in [-0.4, -0.2) is 26.1 Å². The van der Waals surface area contributed by atoms with Gasteiger partial charge >= 0.3 is 0 Å². The minimum atomic E-state index is 0.780. The number of benzene rings is 1. The summed E-state index contributed by atoms with van der Waals surface area (Å²) >= 11 is 3.44. The maximum Gasteiger partial charge on any atom is 0.112 e. The van der Waals surface area contributed by atoms with Gasteiger partial charge in [0.2, 0.25) is 0 Å². The standard InChI is InChI=1S/C20H18BrN5/c21-16-12-18-20(25-13-16)17(6-8-23-18)22-9-7-19-24-10-11-26(19)14-15-4-2-1-3-5-15/h1-6,8,10-13H,7,9,14H2,(H,22,23). The molecule has 0 fully saturated rings. The molecule has 0 bridgehead atoms. The molecule has 0 unspecified atom stereocenters. The first kappa shape index (κ1) is 16.7. The lowest BCUT2D eigenvalue weighted by Crippen LogP contribution is -2.11. The number of fused-ring (bicyclic) bond motifs is 1. The van der Waals surface area contributed by atoms with Gasteiger partial charge in [-0.05, 0) is 33.6 Å². The molecular weight excluding hydrogens is 390 g/mol. The van der Waals surface area contributed by atoms with E-state index in [1.165, 1.54) is 5.56 Å². The number of pyridine rings is 2. The maximum absolute atomic E-state index is 4.51. The molecule has 0 atom stereocenters. The molecule has 0 amide bonds. The van der Waals surface area contributed by atoms with Crippen LogP contribution in [0.2, 0.25) is 0 Å². The Morgan fingerprint density at radius 1 is 1.00 bits per heavy atom. The van der Waals surface area contributed by atoms with E-state index in [1.807, 2.05) is 30.6 Å². The molecular formula is C20H18BrN5. The summed E-state index contributed by atoms with van der Waals surface area (Å²) in [5, 5.41) is 3.47. The van der Waals surface area contributed by atoms with Gasteiger partial charge in [-0.3, -0.25) is 9.97 Å². The first-order valence-corrected chi connectivity index (χ1v) is 9.27. The van der Waals surface area contributed by atoms with Crippen molar-refractivity contribution in [1.82, 2.24) is 19.5 Å². The zero-order chi connectivity index (χ0) is 17.8. The number of rotatable bonds is 6. The smallest absolute Gasteiger partial charge is 0.112 e. The van der Waals surface area contributed by atoms with E-state index in [-0.39, 0.29) is 0 Å². The Kier molecular flexibility index (Phi) is 4.93. The van der Waals surface area contributed by atoms with Crippen LogP contribution in [0, 0.1) is 0 Å². The van der Waals surface area contributed by atoms with E-state index < -0.39 is 0 Å². The highest BCUT2D eigenvalue weighted by Crippen LogP contribution is 2.22. The van der Waals surface area contributed by atoms with Crippen LogP contribution in [0.3, 0.4) is 0 Å². The molecule has 0 saturated carbocycles. The van der Waals surface area contributed by atoms with Crippen LogP contribution < -0.4 is 5.32 Å². The van der Waals surface area contributed by atoms with Gasteiger partial charge in [0.05, 0.1) is 11.2 Å². The van der Waals surface area contributed by atoms with Crippen molar-refractivity contribution >= 4 is 32.7 Å². The second kappa shape index (κ2) is 7.66. The van der Waals surface area contributed by atoms with E-state index in [4.69, 9.17) is 0 Å². The number of anilines is 1. The normalized spacial score (nSPS) is 11.0. The van der Waals surface area contributed by atoms with Gasteiger partial charge in [0.1, 0.15) is 11.3 Å². The van der Waals surface area contributed by atoms with Gasteiger partial charge in [-0.1, -0.05) is 30.3 Å². The SMILES string of the molecule is Brc1cnc2c(NCCc3nccn3Cc3ccccc3)ccnc2c1. The molecule has 4 rings (SSSR count). The van der Waals surface area contributed by atoms with E-state index in [2.05, 4.69) is 65.0 Å². The van der Waals surface area contributed by atoms with Crippen LogP contribution in [0.5, 0.6) is 0 Å². The Bertz CT molecular complexity index is 1010. The molecule has 1 N–H and O–H groups in total. The number of hydrogen-bond acceptors (Lipinski definition) is 4. The fourth-order valence-corrected chi connectivity index (χ4v) is 3.27. The summed E-state index contributed by atoms with van der Waals surface area (Å²) in [6.07, 6.45) is 8.32. The lowest BCUT2D eigenvalue weighted by molar-refractivity contribution is 0.723. The molecule has 0 aliphatic rings. The fraction of sp³-hybridized carbons (Fsp3) is 0.150. The van der Waals surface area contributed by atoms with E-state index in [1.54, 1.807) is 12.4 Å². The van der Waals surface area contributed by atoms with E-state index in [0.29, 0.717) is 0 Å². The molecule has 1 aromatic carbocycles. The largest absolute Gasteiger partial charge is 0.383 e. The van der Waals surface area contributed by atoms with Crippen LogP contribution in [0.1, 0.15) is 11.4 Å². The summed E-state index contributed by atoms with van der Waals surface area (Å²) in [5.74, 6) is 1.07. The molecule has 0 aliphatic carbocycles. The highest BCUT2D eigenvalue weighted by atomic mass is 79.9. The topological polar surface area (TPSA) is 55.6 Å². The quantitative estimate of drug-likeness (QED) is 0.517. The maximum atomic E-state index is 4.51. The molecule has 3 heterocycles. The third-order valence-electron chi connectivity index (χ3n) is 4.21. The minimum absolute atomic E-state index is 0.780. The number of halogens is 1. The van der Waals surface area contributed by atoms with Gasteiger partial charge in [0.25, 0.3) is 0 Å². The van der Waals surface area contributed by atoms with Gasteiger partial charge in [-0.15, -0.1) is 0 Å². The molecule has 0 radical (unpaired) electrons.